The molecule has 0 radical (unpaired) electrons. The molecule has 146 valence electrons. The molecule has 0 aliphatic rings. The average molecular weight is 406 g/mol. The van der Waals surface area contributed by atoms with E-state index in [2.05, 4.69) is 9.84 Å². The summed E-state index contributed by atoms with van der Waals surface area (Å²) in [5.74, 6) is -2.03. The highest BCUT2D eigenvalue weighted by Gasteiger charge is 2.15. The van der Waals surface area contributed by atoms with Gasteiger partial charge in [0, 0.05) is 29.3 Å². The van der Waals surface area contributed by atoms with Gasteiger partial charge in [0.25, 0.3) is 0 Å². The first-order valence-corrected chi connectivity index (χ1v) is 9.99. The van der Waals surface area contributed by atoms with E-state index in [1.165, 1.54) is 42.1 Å². The first-order valence-electron chi connectivity index (χ1n) is 8.09. The van der Waals surface area contributed by atoms with E-state index in [4.69, 9.17) is 0 Å². The topological polar surface area (TPSA) is 78.3 Å². The summed E-state index contributed by atoms with van der Waals surface area (Å²) in [5, 5.41) is 4.91. The van der Waals surface area contributed by atoms with Gasteiger partial charge in [-0.25, -0.2) is 22.0 Å². The smallest absolute Gasteiger partial charge is 0.330 e. The van der Waals surface area contributed by atoms with E-state index in [1.807, 2.05) is 0 Å². The number of aromatic nitrogens is 2. The Morgan fingerprint density at radius 1 is 1.21 bits per heavy atom. The van der Waals surface area contributed by atoms with E-state index >= 15 is 0 Å². The molecule has 0 fully saturated rings. The lowest BCUT2D eigenvalue weighted by Gasteiger charge is -2.06. The van der Waals surface area contributed by atoms with E-state index in [0.29, 0.717) is 16.6 Å². The van der Waals surface area contributed by atoms with Crippen molar-refractivity contribution in [1.29, 1.82) is 0 Å². The van der Waals surface area contributed by atoms with Gasteiger partial charge >= 0.3 is 5.97 Å². The molecule has 0 saturated carbocycles. The highest BCUT2D eigenvalue weighted by molar-refractivity contribution is 7.90. The first kappa shape index (κ1) is 19.7. The van der Waals surface area contributed by atoms with Crippen LogP contribution in [0, 0.1) is 11.6 Å². The average Bonchev–Trinajstić information content (AvgIpc) is 2.98. The zero-order chi connectivity index (χ0) is 20.5. The number of ether oxygens (including phenoxy) is 1. The SMILES string of the molecule is COC(=O)C=Cc1nn(Cc2ccc(F)cc2F)c2cc(S(C)(=O)=O)ccc12. The Kier molecular flexibility index (Phi) is 5.28. The maximum absolute atomic E-state index is 14.1. The lowest BCUT2D eigenvalue weighted by atomic mass is 10.2. The van der Waals surface area contributed by atoms with Crippen LogP contribution in [0.5, 0.6) is 0 Å². The van der Waals surface area contributed by atoms with Gasteiger partial charge in [-0.2, -0.15) is 5.10 Å². The fourth-order valence-corrected chi connectivity index (χ4v) is 3.32. The predicted octanol–water partition coefficient (Wildman–Crippen LogP) is 2.95. The monoisotopic (exact) mass is 406 g/mol. The molecule has 0 bridgehead atoms. The Morgan fingerprint density at radius 2 is 1.96 bits per heavy atom. The van der Waals surface area contributed by atoms with E-state index in [-0.39, 0.29) is 17.0 Å². The van der Waals surface area contributed by atoms with Gasteiger partial charge in [0.05, 0.1) is 29.8 Å². The number of esters is 1. The van der Waals surface area contributed by atoms with Crippen molar-refractivity contribution in [3.63, 3.8) is 0 Å². The van der Waals surface area contributed by atoms with Gasteiger partial charge in [-0.3, -0.25) is 4.68 Å². The number of carbonyl (C=O) groups excluding carboxylic acids is 1. The first-order chi connectivity index (χ1) is 13.2. The molecule has 1 heterocycles. The zero-order valence-electron chi connectivity index (χ0n) is 15.0. The fraction of sp³-hybridized carbons (Fsp3) is 0.158. The van der Waals surface area contributed by atoms with Gasteiger partial charge in [-0.15, -0.1) is 0 Å². The van der Waals surface area contributed by atoms with Crippen LogP contribution in [0.4, 0.5) is 8.78 Å². The second-order valence-corrected chi connectivity index (χ2v) is 8.10. The number of sulfone groups is 1. The van der Waals surface area contributed by atoms with Gasteiger partial charge in [-0.05, 0) is 30.3 Å². The van der Waals surface area contributed by atoms with Crippen molar-refractivity contribution in [3.05, 3.63) is 65.4 Å². The number of nitrogens with zero attached hydrogens (tertiary/aromatic N) is 2. The molecule has 9 heteroatoms. The van der Waals surface area contributed by atoms with Crippen LogP contribution in [0.2, 0.25) is 0 Å². The summed E-state index contributed by atoms with van der Waals surface area (Å²) in [6.45, 7) is -0.0537. The van der Waals surface area contributed by atoms with Crippen LogP contribution in [0.15, 0.2) is 47.4 Å². The molecule has 3 rings (SSSR count). The number of methoxy groups -OCH3 is 1. The summed E-state index contributed by atoms with van der Waals surface area (Å²) in [6.07, 6.45) is 3.67. The maximum Gasteiger partial charge on any atom is 0.330 e. The molecule has 0 aliphatic carbocycles. The van der Waals surface area contributed by atoms with E-state index < -0.39 is 27.4 Å². The molecule has 0 atom stereocenters. The van der Waals surface area contributed by atoms with Crippen LogP contribution < -0.4 is 0 Å². The van der Waals surface area contributed by atoms with Gasteiger partial charge in [0.15, 0.2) is 9.84 Å². The number of hydrogen-bond donors (Lipinski definition) is 0. The van der Waals surface area contributed by atoms with Crippen LogP contribution in [0.3, 0.4) is 0 Å². The highest BCUT2D eigenvalue weighted by atomic mass is 32.2. The van der Waals surface area contributed by atoms with Crippen LogP contribution in [-0.4, -0.2) is 37.5 Å². The second-order valence-electron chi connectivity index (χ2n) is 6.09. The Morgan fingerprint density at radius 3 is 2.61 bits per heavy atom. The Bertz CT molecular complexity index is 1200. The molecule has 0 unspecified atom stereocenters. The van der Waals surface area contributed by atoms with Gasteiger partial charge < -0.3 is 4.74 Å². The molecule has 0 aliphatic heterocycles. The van der Waals surface area contributed by atoms with E-state index in [0.717, 1.165) is 18.4 Å². The molecule has 2 aromatic carbocycles. The maximum atomic E-state index is 14.1. The number of benzene rings is 2. The largest absolute Gasteiger partial charge is 0.466 e. The number of hydrogen-bond acceptors (Lipinski definition) is 5. The molecular weight excluding hydrogens is 390 g/mol. The fourth-order valence-electron chi connectivity index (χ4n) is 2.68. The summed E-state index contributed by atoms with van der Waals surface area (Å²) in [7, 11) is -2.24. The number of carbonyl (C=O) groups is 1. The number of rotatable bonds is 5. The van der Waals surface area contributed by atoms with Crippen molar-refractivity contribution in [1.82, 2.24) is 9.78 Å². The summed E-state index contributed by atoms with van der Waals surface area (Å²) in [5.41, 5.74) is 0.984. The summed E-state index contributed by atoms with van der Waals surface area (Å²) >= 11 is 0. The van der Waals surface area contributed by atoms with Crippen molar-refractivity contribution in [2.75, 3.05) is 13.4 Å². The molecule has 0 N–H and O–H groups in total. The molecule has 3 aromatic rings. The highest BCUT2D eigenvalue weighted by Crippen LogP contribution is 2.25. The van der Waals surface area contributed by atoms with E-state index in [9.17, 15) is 22.0 Å². The molecule has 6 nitrogen and oxygen atoms in total. The van der Waals surface area contributed by atoms with Crippen molar-refractivity contribution in [2.45, 2.75) is 11.4 Å². The minimum Gasteiger partial charge on any atom is -0.466 e. The molecular formula is C19H16F2N2O4S. The third kappa shape index (κ3) is 4.09. The van der Waals surface area contributed by atoms with Crippen LogP contribution >= 0.6 is 0 Å². The van der Waals surface area contributed by atoms with Gasteiger partial charge in [-0.1, -0.05) is 6.07 Å². The minimum absolute atomic E-state index is 0.0537. The standard InChI is InChI=1S/C19H16F2N2O4S/c1-27-19(24)8-7-17-15-6-5-14(28(2,25)26)10-18(15)23(22-17)11-12-3-4-13(20)9-16(12)21/h3-10H,11H2,1-2H3. The summed E-state index contributed by atoms with van der Waals surface area (Å²) in [6, 6.07) is 7.60. The predicted molar refractivity (Wildman–Crippen MR) is 99.4 cm³/mol. The third-order valence-corrected chi connectivity index (χ3v) is 5.20. The molecule has 1 aromatic heterocycles. The normalized spacial score (nSPS) is 12.0. The molecule has 0 saturated heterocycles. The van der Waals surface area contributed by atoms with Crippen molar-refractivity contribution < 1.29 is 26.7 Å². The minimum atomic E-state index is -3.48. The Balaban J connectivity index is 2.15. The Labute approximate surface area is 160 Å². The van der Waals surface area contributed by atoms with Crippen molar-refractivity contribution in [2.24, 2.45) is 0 Å². The zero-order valence-corrected chi connectivity index (χ0v) is 15.8. The van der Waals surface area contributed by atoms with Crippen LogP contribution in [-0.2, 0) is 25.9 Å². The van der Waals surface area contributed by atoms with Gasteiger partial charge in [0.1, 0.15) is 11.6 Å². The van der Waals surface area contributed by atoms with E-state index in [1.54, 1.807) is 6.07 Å². The van der Waals surface area contributed by atoms with Crippen LogP contribution in [0.1, 0.15) is 11.3 Å². The second kappa shape index (κ2) is 7.51. The molecule has 0 amide bonds. The number of fused-ring (bicyclic) bond motifs is 1. The van der Waals surface area contributed by atoms with Crippen molar-refractivity contribution in [3.8, 4) is 0 Å². The third-order valence-electron chi connectivity index (χ3n) is 4.09. The lowest BCUT2D eigenvalue weighted by Crippen LogP contribution is -2.05. The quantitative estimate of drug-likeness (QED) is 0.481. The van der Waals surface area contributed by atoms with Gasteiger partial charge in [0.2, 0.25) is 0 Å². The Hall–Kier alpha value is -3.07. The lowest BCUT2D eigenvalue weighted by molar-refractivity contribution is -0.134. The number of halogens is 2. The molecule has 0 spiro atoms. The summed E-state index contributed by atoms with van der Waals surface area (Å²) in [4.78, 5) is 11.4. The molecule has 28 heavy (non-hydrogen) atoms. The van der Waals surface area contributed by atoms with Crippen LogP contribution in [0.25, 0.3) is 17.0 Å². The van der Waals surface area contributed by atoms with Crippen molar-refractivity contribution >= 4 is 32.8 Å². The summed E-state index contributed by atoms with van der Waals surface area (Å²) < 4.78 is 57.0.